The molecule has 0 radical (unpaired) electrons. The minimum atomic E-state index is 0.943. The van der Waals surface area contributed by atoms with Crippen LogP contribution in [0.1, 0.15) is 18.3 Å². The third kappa shape index (κ3) is 1.42. The summed E-state index contributed by atoms with van der Waals surface area (Å²) in [5.41, 5.74) is 4.47. The molecule has 2 aromatic heterocycles. The highest BCUT2D eigenvalue weighted by molar-refractivity contribution is 6.02. The molecule has 0 spiro atoms. The topological polar surface area (TPSA) is 30.7 Å². The lowest BCUT2D eigenvalue weighted by atomic mass is 10.1. The van der Waals surface area contributed by atoms with Gasteiger partial charge in [0.25, 0.3) is 0 Å². The van der Waals surface area contributed by atoms with Gasteiger partial charge in [0.05, 0.1) is 17.2 Å². The van der Waals surface area contributed by atoms with Crippen molar-refractivity contribution in [1.82, 2.24) is 14.5 Å². The van der Waals surface area contributed by atoms with Gasteiger partial charge in [0, 0.05) is 18.9 Å². The molecule has 0 atom stereocenters. The summed E-state index contributed by atoms with van der Waals surface area (Å²) in [5.74, 6) is 1.11. The average Bonchev–Trinajstić information content (AvgIpc) is 2.66. The monoisotopic (exact) mass is 225 g/mol. The van der Waals surface area contributed by atoms with Crippen molar-refractivity contribution in [3.63, 3.8) is 0 Å². The van der Waals surface area contributed by atoms with E-state index in [2.05, 4.69) is 53.6 Å². The Labute approximate surface area is 100 Å². The zero-order chi connectivity index (χ0) is 12.0. The molecule has 17 heavy (non-hydrogen) atoms. The van der Waals surface area contributed by atoms with Crippen molar-refractivity contribution in [3.8, 4) is 0 Å². The molecule has 0 bridgehead atoms. The number of hydrogen-bond donors (Lipinski definition) is 0. The van der Waals surface area contributed by atoms with Crippen molar-refractivity contribution < 1.29 is 0 Å². The Hall–Kier alpha value is -1.90. The lowest BCUT2D eigenvalue weighted by Crippen LogP contribution is -1.95. The summed E-state index contributed by atoms with van der Waals surface area (Å²) < 4.78 is 2.18. The third-order valence-electron chi connectivity index (χ3n) is 3.26. The minimum Gasteiger partial charge on any atom is -0.331 e. The van der Waals surface area contributed by atoms with Crippen LogP contribution in [-0.2, 0) is 13.5 Å². The smallest absolute Gasteiger partial charge is 0.109 e. The normalized spacial score (nSPS) is 11.5. The van der Waals surface area contributed by atoms with E-state index in [1.165, 1.54) is 16.5 Å². The number of nitrogens with zero attached hydrogens (tertiary/aromatic N) is 3. The molecule has 3 heteroatoms. The minimum absolute atomic E-state index is 0.943. The number of imidazole rings is 1. The lowest BCUT2D eigenvalue weighted by Gasteiger charge is -2.03. The second kappa shape index (κ2) is 3.55. The summed E-state index contributed by atoms with van der Waals surface area (Å²) >= 11 is 0. The molecule has 0 saturated heterocycles. The molecular formula is C14H15N3. The van der Waals surface area contributed by atoms with Gasteiger partial charge in [0.2, 0.25) is 0 Å². The van der Waals surface area contributed by atoms with E-state index in [1.807, 2.05) is 6.20 Å². The van der Waals surface area contributed by atoms with Crippen LogP contribution in [0.15, 0.2) is 24.4 Å². The highest BCUT2D eigenvalue weighted by Crippen LogP contribution is 2.24. The molecule has 0 aliphatic carbocycles. The van der Waals surface area contributed by atoms with E-state index in [0.29, 0.717) is 0 Å². The molecule has 0 N–H and O–H groups in total. The van der Waals surface area contributed by atoms with Gasteiger partial charge in [-0.15, -0.1) is 0 Å². The Morgan fingerprint density at radius 2 is 2.06 bits per heavy atom. The Morgan fingerprint density at radius 3 is 2.82 bits per heavy atom. The largest absolute Gasteiger partial charge is 0.331 e. The van der Waals surface area contributed by atoms with Crippen LogP contribution >= 0.6 is 0 Å². The van der Waals surface area contributed by atoms with E-state index in [4.69, 9.17) is 0 Å². The van der Waals surface area contributed by atoms with E-state index >= 15 is 0 Å². The van der Waals surface area contributed by atoms with Crippen LogP contribution in [0.2, 0.25) is 0 Å². The Morgan fingerprint density at radius 1 is 1.24 bits per heavy atom. The first-order valence-electron chi connectivity index (χ1n) is 5.91. The number of aryl methyl sites for hydroxylation is 3. The summed E-state index contributed by atoms with van der Waals surface area (Å²) in [6.45, 7) is 4.23. The molecular weight excluding hydrogens is 210 g/mol. The fourth-order valence-corrected chi connectivity index (χ4v) is 2.38. The summed E-state index contributed by atoms with van der Waals surface area (Å²) in [6.07, 6.45) is 2.81. The second-order valence-electron chi connectivity index (χ2n) is 4.45. The first-order chi connectivity index (χ1) is 8.20. The van der Waals surface area contributed by atoms with Crippen LogP contribution in [0.3, 0.4) is 0 Å². The standard InChI is InChI=1S/C14H15N3/c1-4-13-16-12-8-15-11-6-5-9(2)7-10(11)14(12)17(13)3/h5-8H,4H2,1-3H3. The molecule has 0 amide bonds. The number of rotatable bonds is 1. The number of pyridine rings is 1. The number of benzene rings is 1. The molecule has 0 saturated carbocycles. The third-order valence-corrected chi connectivity index (χ3v) is 3.26. The first kappa shape index (κ1) is 10.3. The van der Waals surface area contributed by atoms with Gasteiger partial charge in [-0.1, -0.05) is 18.6 Å². The molecule has 2 heterocycles. The highest BCUT2D eigenvalue weighted by atomic mass is 15.1. The van der Waals surface area contributed by atoms with Gasteiger partial charge < -0.3 is 4.57 Å². The van der Waals surface area contributed by atoms with Crippen molar-refractivity contribution >= 4 is 21.9 Å². The Bertz CT molecular complexity index is 710. The maximum absolute atomic E-state index is 4.61. The van der Waals surface area contributed by atoms with E-state index in [0.717, 1.165) is 23.3 Å². The Kier molecular flexibility index (Phi) is 2.15. The van der Waals surface area contributed by atoms with E-state index in [1.54, 1.807) is 0 Å². The van der Waals surface area contributed by atoms with Crippen LogP contribution < -0.4 is 0 Å². The number of hydrogen-bond acceptors (Lipinski definition) is 2. The number of aromatic nitrogens is 3. The van der Waals surface area contributed by atoms with E-state index < -0.39 is 0 Å². The van der Waals surface area contributed by atoms with Crippen molar-refractivity contribution in [2.75, 3.05) is 0 Å². The van der Waals surface area contributed by atoms with Gasteiger partial charge >= 0.3 is 0 Å². The zero-order valence-electron chi connectivity index (χ0n) is 10.4. The van der Waals surface area contributed by atoms with Crippen LogP contribution in [-0.4, -0.2) is 14.5 Å². The summed E-state index contributed by atoms with van der Waals surface area (Å²) in [6, 6.07) is 6.35. The fraction of sp³-hybridized carbons (Fsp3) is 0.286. The highest BCUT2D eigenvalue weighted by Gasteiger charge is 2.10. The van der Waals surface area contributed by atoms with Crippen LogP contribution in [0, 0.1) is 6.92 Å². The molecule has 3 rings (SSSR count). The fourth-order valence-electron chi connectivity index (χ4n) is 2.38. The number of fused-ring (bicyclic) bond motifs is 3. The molecule has 1 aromatic carbocycles. The van der Waals surface area contributed by atoms with Crippen molar-refractivity contribution in [2.24, 2.45) is 7.05 Å². The van der Waals surface area contributed by atoms with Gasteiger partial charge in [-0.2, -0.15) is 0 Å². The Balaban J connectivity index is 2.53. The molecule has 0 aliphatic rings. The van der Waals surface area contributed by atoms with Crippen LogP contribution in [0.25, 0.3) is 21.9 Å². The van der Waals surface area contributed by atoms with Gasteiger partial charge in [0.15, 0.2) is 0 Å². The molecule has 3 aromatic rings. The molecule has 0 fully saturated rings. The predicted octanol–water partition coefficient (Wildman–Crippen LogP) is 2.99. The molecule has 0 unspecified atom stereocenters. The van der Waals surface area contributed by atoms with Crippen molar-refractivity contribution in [3.05, 3.63) is 35.8 Å². The maximum Gasteiger partial charge on any atom is 0.109 e. The molecule has 0 aliphatic heterocycles. The van der Waals surface area contributed by atoms with Gasteiger partial charge in [0.1, 0.15) is 11.3 Å². The first-order valence-corrected chi connectivity index (χ1v) is 5.91. The van der Waals surface area contributed by atoms with E-state index in [9.17, 15) is 0 Å². The zero-order valence-corrected chi connectivity index (χ0v) is 10.4. The summed E-state index contributed by atoms with van der Waals surface area (Å²) in [4.78, 5) is 9.07. The van der Waals surface area contributed by atoms with Crippen molar-refractivity contribution in [1.29, 1.82) is 0 Å². The SMILES string of the molecule is CCc1nc2cnc3ccc(C)cc3c2n1C. The van der Waals surface area contributed by atoms with Crippen molar-refractivity contribution in [2.45, 2.75) is 20.3 Å². The van der Waals surface area contributed by atoms with Crippen LogP contribution in [0.4, 0.5) is 0 Å². The molecule has 3 nitrogen and oxygen atoms in total. The quantitative estimate of drug-likeness (QED) is 0.637. The van der Waals surface area contributed by atoms with Gasteiger partial charge in [-0.25, -0.2) is 4.98 Å². The van der Waals surface area contributed by atoms with Gasteiger partial charge in [-0.3, -0.25) is 4.98 Å². The average molecular weight is 225 g/mol. The van der Waals surface area contributed by atoms with Gasteiger partial charge in [-0.05, 0) is 19.1 Å². The van der Waals surface area contributed by atoms with E-state index in [-0.39, 0.29) is 0 Å². The summed E-state index contributed by atoms with van der Waals surface area (Å²) in [5, 5.41) is 1.19. The van der Waals surface area contributed by atoms with Crippen LogP contribution in [0.5, 0.6) is 0 Å². The predicted molar refractivity (Wildman–Crippen MR) is 70.1 cm³/mol. The molecule has 86 valence electrons. The maximum atomic E-state index is 4.61. The summed E-state index contributed by atoms with van der Waals surface area (Å²) in [7, 11) is 2.08. The lowest BCUT2D eigenvalue weighted by molar-refractivity contribution is 0.830. The second-order valence-corrected chi connectivity index (χ2v) is 4.45.